The van der Waals surface area contributed by atoms with Gasteiger partial charge in [-0.15, -0.1) is 0 Å². The molecule has 2 N–H and O–H groups in total. The number of nitrogen functional groups attached to an aromatic ring is 1. The Morgan fingerprint density at radius 2 is 2.21 bits per heavy atom. The summed E-state index contributed by atoms with van der Waals surface area (Å²) < 4.78 is 40.7. The monoisotopic (exact) mass is 303 g/mol. The third kappa shape index (κ3) is 3.27. The largest absolute Gasteiger partial charge is 0.494 e. The van der Waals surface area contributed by atoms with E-state index in [9.17, 15) is 12.6 Å². The molecule has 0 amide bonds. The van der Waals surface area contributed by atoms with E-state index in [1.807, 2.05) is 6.92 Å². The van der Waals surface area contributed by atoms with Gasteiger partial charge in [0.05, 0.1) is 39.1 Å². The van der Waals surface area contributed by atoms with E-state index in [0.717, 1.165) is 0 Å². The van der Waals surface area contributed by atoms with E-state index in [-0.39, 0.29) is 16.8 Å². The molecule has 106 valence electrons. The van der Waals surface area contributed by atoms with Gasteiger partial charge < -0.3 is 10.5 Å². The third-order valence-electron chi connectivity index (χ3n) is 3.01. The van der Waals surface area contributed by atoms with Crippen molar-refractivity contribution in [3.05, 3.63) is 18.2 Å². The van der Waals surface area contributed by atoms with Crippen LogP contribution in [0.4, 0.5) is 5.69 Å². The maximum atomic E-state index is 12.4. The molecule has 0 aromatic heterocycles. The van der Waals surface area contributed by atoms with Crippen LogP contribution in [-0.4, -0.2) is 36.0 Å². The van der Waals surface area contributed by atoms with Gasteiger partial charge in [-0.3, -0.25) is 4.21 Å². The van der Waals surface area contributed by atoms with Crippen LogP contribution in [0.15, 0.2) is 23.1 Å². The Kier molecular flexibility index (Phi) is 4.15. The van der Waals surface area contributed by atoms with Crippen LogP contribution in [0, 0.1) is 0 Å². The number of hydrogen-bond acceptors (Lipinski definition) is 5. The van der Waals surface area contributed by atoms with Gasteiger partial charge in [-0.2, -0.15) is 0 Å². The molecule has 0 spiro atoms. The highest BCUT2D eigenvalue weighted by Gasteiger charge is 2.33. The van der Waals surface area contributed by atoms with Crippen molar-refractivity contribution < 1.29 is 17.4 Å². The van der Waals surface area contributed by atoms with Gasteiger partial charge in [0.1, 0.15) is 5.75 Å². The first-order chi connectivity index (χ1) is 8.93. The minimum atomic E-state index is -3.05. The molecule has 1 aliphatic rings. The summed E-state index contributed by atoms with van der Waals surface area (Å²) in [6.45, 7) is 2.37. The summed E-state index contributed by atoms with van der Waals surface area (Å²) in [4.78, 5) is 0.466. The zero-order chi connectivity index (χ0) is 14.0. The molecule has 2 atom stereocenters. The Balaban J connectivity index is 2.26. The quantitative estimate of drug-likeness (QED) is 0.837. The first kappa shape index (κ1) is 14.3. The van der Waals surface area contributed by atoms with Crippen LogP contribution in [0.1, 0.15) is 13.3 Å². The van der Waals surface area contributed by atoms with E-state index >= 15 is 0 Å². The molecule has 1 heterocycles. The molecule has 1 aliphatic heterocycles. The second-order valence-corrected chi connectivity index (χ2v) is 8.39. The lowest BCUT2D eigenvalue weighted by Crippen LogP contribution is -2.18. The summed E-state index contributed by atoms with van der Waals surface area (Å²) in [5.41, 5.74) is 6.23. The second-order valence-electron chi connectivity index (χ2n) is 4.46. The van der Waals surface area contributed by atoms with Crippen LogP contribution in [-0.2, 0) is 20.6 Å². The van der Waals surface area contributed by atoms with E-state index in [1.54, 1.807) is 18.2 Å². The van der Waals surface area contributed by atoms with Crippen molar-refractivity contribution in [2.75, 3.05) is 23.8 Å². The molecular formula is C12H17NO4S2. The van der Waals surface area contributed by atoms with E-state index in [2.05, 4.69) is 0 Å². The standard InChI is InChI=1S/C12H17NO4S2/c1-2-17-9-3-4-11(13)12(7-9)18(14)10-5-6-19(15,16)8-10/h3-4,7,10H,2,5-6,8,13H2,1H3. The zero-order valence-electron chi connectivity index (χ0n) is 10.7. The van der Waals surface area contributed by atoms with E-state index < -0.39 is 20.6 Å². The molecule has 0 bridgehead atoms. The summed E-state index contributed by atoms with van der Waals surface area (Å²) >= 11 is 0. The van der Waals surface area contributed by atoms with Crippen LogP contribution >= 0.6 is 0 Å². The molecule has 2 rings (SSSR count). The Hall–Kier alpha value is -1.08. The molecule has 0 saturated carbocycles. The van der Waals surface area contributed by atoms with Gasteiger partial charge in [0.25, 0.3) is 0 Å². The van der Waals surface area contributed by atoms with Gasteiger partial charge in [-0.05, 0) is 31.5 Å². The number of ether oxygens (including phenoxy) is 1. The van der Waals surface area contributed by atoms with Gasteiger partial charge in [-0.1, -0.05) is 0 Å². The summed E-state index contributed by atoms with van der Waals surface area (Å²) in [6, 6.07) is 4.99. The van der Waals surface area contributed by atoms with Crippen molar-refractivity contribution in [2.24, 2.45) is 0 Å². The molecule has 1 aromatic carbocycles. The number of hydrogen-bond donors (Lipinski definition) is 1. The fourth-order valence-electron chi connectivity index (χ4n) is 2.05. The van der Waals surface area contributed by atoms with Crippen molar-refractivity contribution >= 4 is 26.3 Å². The predicted molar refractivity (Wildman–Crippen MR) is 75.5 cm³/mol. The lowest BCUT2D eigenvalue weighted by molar-refractivity contribution is 0.339. The molecule has 0 aliphatic carbocycles. The Labute approximate surface area is 115 Å². The number of sulfone groups is 1. The minimum absolute atomic E-state index is 0.0298. The molecular weight excluding hydrogens is 286 g/mol. The zero-order valence-corrected chi connectivity index (χ0v) is 12.3. The van der Waals surface area contributed by atoms with Crippen LogP contribution in [0.3, 0.4) is 0 Å². The normalized spacial score (nSPS) is 23.1. The van der Waals surface area contributed by atoms with Gasteiger partial charge in [0.2, 0.25) is 0 Å². The summed E-state index contributed by atoms with van der Waals surface area (Å²) in [5.74, 6) is 0.674. The number of anilines is 1. The number of benzene rings is 1. The molecule has 2 unspecified atom stereocenters. The smallest absolute Gasteiger partial charge is 0.151 e. The van der Waals surface area contributed by atoms with Crippen LogP contribution in [0.25, 0.3) is 0 Å². The Morgan fingerprint density at radius 3 is 2.79 bits per heavy atom. The highest BCUT2D eigenvalue weighted by Crippen LogP contribution is 2.28. The Bertz CT molecular complexity index is 598. The minimum Gasteiger partial charge on any atom is -0.494 e. The van der Waals surface area contributed by atoms with Crippen molar-refractivity contribution in [1.29, 1.82) is 0 Å². The molecule has 1 fully saturated rings. The summed E-state index contributed by atoms with van der Waals surface area (Å²) in [5, 5.41) is -0.371. The first-order valence-electron chi connectivity index (χ1n) is 6.06. The summed E-state index contributed by atoms with van der Waals surface area (Å²) in [7, 11) is -4.46. The topological polar surface area (TPSA) is 86.5 Å². The highest BCUT2D eigenvalue weighted by molar-refractivity contribution is 7.94. The third-order valence-corrected chi connectivity index (χ3v) is 6.78. The molecule has 1 saturated heterocycles. The van der Waals surface area contributed by atoms with Crippen molar-refractivity contribution in [2.45, 2.75) is 23.5 Å². The SMILES string of the molecule is CCOc1ccc(N)c(S(=O)C2CCS(=O)(=O)C2)c1. The molecule has 0 radical (unpaired) electrons. The van der Waals surface area contributed by atoms with Crippen molar-refractivity contribution in [3.8, 4) is 5.75 Å². The number of nitrogens with two attached hydrogens (primary N) is 1. The maximum Gasteiger partial charge on any atom is 0.151 e. The molecule has 1 aromatic rings. The molecule has 19 heavy (non-hydrogen) atoms. The number of rotatable bonds is 4. The van der Waals surface area contributed by atoms with Crippen LogP contribution in [0.5, 0.6) is 5.75 Å². The maximum absolute atomic E-state index is 12.4. The van der Waals surface area contributed by atoms with E-state index in [1.165, 1.54) is 0 Å². The highest BCUT2D eigenvalue weighted by atomic mass is 32.2. The van der Waals surface area contributed by atoms with Gasteiger partial charge in [0, 0.05) is 5.69 Å². The average Bonchev–Trinajstić information content (AvgIpc) is 2.72. The Morgan fingerprint density at radius 1 is 1.47 bits per heavy atom. The first-order valence-corrected chi connectivity index (χ1v) is 9.09. The lowest BCUT2D eigenvalue weighted by atomic mass is 10.3. The van der Waals surface area contributed by atoms with E-state index in [4.69, 9.17) is 10.5 Å². The van der Waals surface area contributed by atoms with Gasteiger partial charge in [-0.25, -0.2) is 8.42 Å². The van der Waals surface area contributed by atoms with Crippen molar-refractivity contribution in [3.63, 3.8) is 0 Å². The predicted octanol–water partition coefficient (Wildman–Crippen LogP) is 0.962. The van der Waals surface area contributed by atoms with E-state index in [0.29, 0.717) is 29.4 Å². The molecule has 5 nitrogen and oxygen atoms in total. The summed E-state index contributed by atoms with van der Waals surface area (Å²) in [6.07, 6.45) is 0.424. The second kappa shape index (κ2) is 5.50. The van der Waals surface area contributed by atoms with Gasteiger partial charge >= 0.3 is 0 Å². The fraction of sp³-hybridized carbons (Fsp3) is 0.500. The lowest BCUT2D eigenvalue weighted by Gasteiger charge is -2.12. The van der Waals surface area contributed by atoms with Gasteiger partial charge in [0.15, 0.2) is 9.84 Å². The van der Waals surface area contributed by atoms with Crippen LogP contribution < -0.4 is 10.5 Å². The molecule has 7 heteroatoms. The fourth-order valence-corrected chi connectivity index (χ4v) is 6.09. The van der Waals surface area contributed by atoms with Crippen molar-refractivity contribution in [1.82, 2.24) is 0 Å². The van der Waals surface area contributed by atoms with Crippen LogP contribution in [0.2, 0.25) is 0 Å². The average molecular weight is 303 g/mol.